The fourth-order valence-corrected chi connectivity index (χ4v) is 2.98. The minimum atomic E-state index is 0.527. The molecule has 0 saturated heterocycles. The first kappa shape index (κ1) is 13.7. The molecule has 1 aliphatic rings. The average molecular weight is 327 g/mol. The number of benzene rings is 1. The standard InChI is InChI=1S/C13H12Cl2N4S/c14-9-4-1-3-8(11(9)15)10-7-20-13(18-10)19-12-16-5-2-6-17-12/h1,3-4,7H,2,5-6H2,(H2,16,17,18,19). The van der Waals surface area contributed by atoms with Crippen molar-refractivity contribution in [3.05, 3.63) is 33.6 Å². The number of thiazole rings is 1. The molecule has 0 atom stereocenters. The Labute approximate surface area is 130 Å². The lowest BCUT2D eigenvalue weighted by molar-refractivity contribution is 0.740. The molecule has 3 rings (SSSR count). The fraction of sp³-hybridized carbons (Fsp3) is 0.231. The lowest BCUT2D eigenvalue weighted by atomic mass is 10.2. The zero-order valence-corrected chi connectivity index (χ0v) is 12.8. The van der Waals surface area contributed by atoms with Gasteiger partial charge in [-0.1, -0.05) is 35.3 Å². The molecule has 0 radical (unpaired) electrons. The Balaban J connectivity index is 1.83. The third-order valence-electron chi connectivity index (χ3n) is 2.85. The summed E-state index contributed by atoms with van der Waals surface area (Å²) in [5, 5.41) is 10.2. The van der Waals surface area contributed by atoms with Crippen LogP contribution in [0.4, 0.5) is 5.13 Å². The van der Waals surface area contributed by atoms with Gasteiger partial charge >= 0.3 is 0 Å². The lowest BCUT2D eigenvalue weighted by Gasteiger charge is -2.14. The molecule has 0 aliphatic carbocycles. The number of aliphatic imine (C=N–C) groups is 1. The Morgan fingerprint density at radius 2 is 2.20 bits per heavy atom. The normalized spacial score (nSPS) is 14.6. The molecule has 0 saturated carbocycles. The van der Waals surface area contributed by atoms with E-state index in [9.17, 15) is 0 Å². The average Bonchev–Trinajstić information content (AvgIpc) is 2.91. The molecule has 1 aromatic heterocycles. The molecule has 2 N–H and O–H groups in total. The summed E-state index contributed by atoms with van der Waals surface area (Å²) in [6, 6.07) is 5.53. The van der Waals surface area contributed by atoms with Crippen LogP contribution in [0.15, 0.2) is 28.6 Å². The summed E-state index contributed by atoms with van der Waals surface area (Å²) in [5.41, 5.74) is 1.64. The zero-order chi connectivity index (χ0) is 13.9. The van der Waals surface area contributed by atoms with E-state index in [2.05, 4.69) is 20.6 Å². The number of aromatic nitrogens is 1. The minimum Gasteiger partial charge on any atom is -0.356 e. The van der Waals surface area contributed by atoms with Crippen LogP contribution >= 0.6 is 34.5 Å². The molecule has 0 spiro atoms. The summed E-state index contributed by atoms with van der Waals surface area (Å²) >= 11 is 13.7. The second-order valence-electron chi connectivity index (χ2n) is 4.27. The number of anilines is 1. The van der Waals surface area contributed by atoms with E-state index in [-0.39, 0.29) is 0 Å². The highest BCUT2D eigenvalue weighted by molar-refractivity contribution is 7.14. The highest BCUT2D eigenvalue weighted by Crippen LogP contribution is 2.34. The van der Waals surface area contributed by atoms with Crippen LogP contribution in [0.2, 0.25) is 10.0 Å². The van der Waals surface area contributed by atoms with Crippen molar-refractivity contribution >= 4 is 45.6 Å². The number of hydrogen-bond donors (Lipinski definition) is 2. The van der Waals surface area contributed by atoms with Crippen molar-refractivity contribution in [1.82, 2.24) is 10.3 Å². The van der Waals surface area contributed by atoms with Crippen LogP contribution in [-0.2, 0) is 0 Å². The number of nitrogens with zero attached hydrogens (tertiary/aromatic N) is 2. The SMILES string of the molecule is Clc1cccc(-c2csc(NC3=NCCCN3)n2)c1Cl. The predicted octanol–water partition coefficient (Wildman–Crippen LogP) is 3.88. The Hall–Kier alpha value is -1.30. The fourth-order valence-electron chi connectivity index (χ4n) is 1.87. The smallest absolute Gasteiger partial charge is 0.197 e. The summed E-state index contributed by atoms with van der Waals surface area (Å²) < 4.78 is 0. The van der Waals surface area contributed by atoms with Crippen molar-refractivity contribution in [2.75, 3.05) is 18.4 Å². The number of nitrogens with one attached hydrogen (secondary N) is 2. The molecule has 0 amide bonds. The van der Waals surface area contributed by atoms with Gasteiger partial charge in [0.2, 0.25) is 0 Å². The van der Waals surface area contributed by atoms with Crippen LogP contribution in [0, 0.1) is 0 Å². The zero-order valence-electron chi connectivity index (χ0n) is 10.5. The van der Waals surface area contributed by atoms with Gasteiger partial charge in [0.15, 0.2) is 11.1 Å². The van der Waals surface area contributed by atoms with Crippen LogP contribution in [-0.4, -0.2) is 24.0 Å². The van der Waals surface area contributed by atoms with Crippen molar-refractivity contribution in [1.29, 1.82) is 0 Å². The first-order chi connectivity index (χ1) is 9.74. The van der Waals surface area contributed by atoms with Crippen LogP contribution in [0.5, 0.6) is 0 Å². The maximum absolute atomic E-state index is 6.21. The van der Waals surface area contributed by atoms with Gasteiger partial charge in [-0.2, -0.15) is 0 Å². The second kappa shape index (κ2) is 5.99. The molecule has 104 valence electrons. The van der Waals surface area contributed by atoms with Crippen molar-refractivity contribution in [3.63, 3.8) is 0 Å². The Bertz CT molecular complexity index is 654. The van der Waals surface area contributed by atoms with Gasteiger partial charge in [-0.3, -0.25) is 4.99 Å². The summed E-state index contributed by atoms with van der Waals surface area (Å²) in [5.74, 6) is 0.773. The van der Waals surface area contributed by atoms with E-state index >= 15 is 0 Å². The van der Waals surface area contributed by atoms with E-state index in [1.165, 1.54) is 11.3 Å². The third kappa shape index (κ3) is 2.90. The first-order valence-corrected chi connectivity index (χ1v) is 7.83. The van der Waals surface area contributed by atoms with Gasteiger partial charge in [-0.15, -0.1) is 11.3 Å². The third-order valence-corrected chi connectivity index (χ3v) is 4.43. The first-order valence-electron chi connectivity index (χ1n) is 6.19. The minimum absolute atomic E-state index is 0.527. The van der Waals surface area contributed by atoms with Crippen molar-refractivity contribution in [3.8, 4) is 11.3 Å². The van der Waals surface area contributed by atoms with Crippen molar-refractivity contribution in [2.24, 2.45) is 4.99 Å². The van der Waals surface area contributed by atoms with Crippen LogP contribution in [0.3, 0.4) is 0 Å². The second-order valence-corrected chi connectivity index (χ2v) is 5.92. The van der Waals surface area contributed by atoms with E-state index < -0.39 is 0 Å². The molecule has 2 aromatic rings. The maximum atomic E-state index is 6.21. The summed E-state index contributed by atoms with van der Waals surface area (Å²) in [6.45, 7) is 1.78. The number of hydrogen-bond acceptors (Lipinski definition) is 5. The molecular weight excluding hydrogens is 315 g/mol. The molecule has 0 fully saturated rings. The van der Waals surface area contributed by atoms with Gasteiger partial charge in [0, 0.05) is 24.0 Å². The number of guanidine groups is 1. The van der Waals surface area contributed by atoms with Gasteiger partial charge in [-0.05, 0) is 12.5 Å². The Morgan fingerprint density at radius 1 is 1.30 bits per heavy atom. The van der Waals surface area contributed by atoms with Crippen LogP contribution < -0.4 is 10.6 Å². The van der Waals surface area contributed by atoms with Gasteiger partial charge in [-0.25, -0.2) is 4.98 Å². The van der Waals surface area contributed by atoms with Crippen molar-refractivity contribution in [2.45, 2.75) is 6.42 Å². The molecule has 1 aliphatic heterocycles. The molecule has 20 heavy (non-hydrogen) atoms. The van der Waals surface area contributed by atoms with E-state index in [1.807, 2.05) is 17.5 Å². The van der Waals surface area contributed by atoms with Gasteiger partial charge in [0.1, 0.15) is 0 Å². The Kier molecular flexibility index (Phi) is 4.10. The topological polar surface area (TPSA) is 49.3 Å². The quantitative estimate of drug-likeness (QED) is 0.880. The number of halogens is 2. The maximum Gasteiger partial charge on any atom is 0.197 e. The largest absolute Gasteiger partial charge is 0.356 e. The monoisotopic (exact) mass is 326 g/mol. The molecule has 7 heteroatoms. The predicted molar refractivity (Wildman–Crippen MR) is 86.1 cm³/mol. The van der Waals surface area contributed by atoms with Gasteiger partial charge in [0.25, 0.3) is 0 Å². The van der Waals surface area contributed by atoms with Crippen LogP contribution in [0.25, 0.3) is 11.3 Å². The molecule has 0 unspecified atom stereocenters. The lowest BCUT2D eigenvalue weighted by Crippen LogP contribution is -2.35. The number of rotatable bonds is 2. The van der Waals surface area contributed by atoms with E-state index in [4.69, 9.17) is 23.2 Å². The van der Waals surface area contributed by atoms with E-state index in [0.717, 1.165) is 41.9 Å². The van der Waals surface area contributed by atoms with E-state index in [0.29, 0.717) is 10.0 Å². The molecule has 2 heterocycles. The summed E-state index contributed by atoms with van der Waals surface area (Å²) in [6.07, 6.45) is 1.06. The summed E-state index contributed by atoms with van der Waals surface area (Å²) in [7, 11) is 0. The molecule has 4 nitrogen and oxygen atoms in total. The summed E-state index contributed by atoms with van der Waals surface area (Å²) in [4.78, 5) is 8.87. The highest BCUT2D eigenvalue weighted by Gasteiger charge is 2.12. The van der Waals surface area contributed by atoms with Gasteiger partial charge in [0.05, 0.1) is 15.7 Å². The molecule has 1 aromatic carbocycles. The molecule has 0 bridgehead atoms. The van der Waals surface area contributed by atoms with Crippen LogP contribution in [0.1, 0.15) is 6.42 Å². The molecular formula is C13H12Cl2N4S. The Morgan fingerprint density at radius 3 is 3.00 bits per heavy atom. The van der Waals surface area contributed by atoms with Gasteiger partial charge < -0.3 is 10.6 Å². The highest BCUT2D eigenvalue weighted by atomic mass is 35.5. The van der Waals surface area contributed by atoms with E-state index in [1.54, 1.807) is 6.07 Å². The van der Waals surface area contributed by atoms with Crippen molar-refractivity contribution < 1.29 is 0 Å².